The van der Waals surface area contributed by atoms with E-state index >= 15 is 0 Å². The molecule has 7 nitrogen and oxygen atoms in total. The number of sulfonamides is 1. The number of amides is 2. The average molecular weight is 635 g/mol. The number of benzene rings is 3. The van der Waals surface area contributed by atoms with Crippen LogP contribution >= 0.6 is 27.5 Å². The van der Waals surface area contributed by atoms with Crippen LogP contribution in [-0.2, 0) is 26.2 Å². The summed E-state index contributed by atoms with van der Waals surface area (Å²) in [5, 5.41) is 3.32. The van der Waals surface area contributed by atoms with Crippen molar-refractivity contribution >= 4 is 55.1 Å². The first kappa shape index (κ1) is 30.7. The Bertz CT molecular complexity index is 1380. The fourth-order valence-electron chi connectivity index (χ4n) is 3.92. The summed E-state index contributed by atoms with van der Waals surface area (Å²) in [7, 11) is -4.12. The SMILES string of the molecule is CCCCNC(=O)C(C)N(Cc1cccc(Br)c1)C(=O)CN(c1ccc(Cl)cc1)S(=O)(=O)c1ccc(C)cc1. The van der Waals surface area contributed by atoms with E-state index in [9.17, 15) is 18.0 Å². The minimum atomic E-state index is -4.12. The lowest BCUT2D eigenvalue weighted by Gasteiger charge is -2.32. The minimum Gasteiger partial charge on any atom is -0.354 e. The van der Waals surface area contributed by atoms with Crippen molar-refractivity contribution in [1.82, 2.24) is 10.2 Å². The molecule has 0 heterocycles. The molecule has 10 heteroatoms. The topological polar surface area (TPSA) is 86.8 Å². The van der Waals surface area contributed by atoms with Crippen LogP contribution in [0.3, 0.4) is 0 Å². The molecule has 0 aliphatic rings. The average Bonchev–Trinajstić information content (AvgIpc) is 2.90. The molecule has 0 saturated carbocycles. The van der Waals surface area contributed by atoms with Crippen LogP contribution < -0.4 is 9.62 Å². The van der Waals surface area contributed by atoms with E-state index < -0.39 is 28.5 Å². The van der Waals surface area contributed by atoms with E-state index in [2.05, 4.69) is 21.2 Å². The molecule has 0 spiro atoms. The molecule has 0 aliphatic carbocycles. The van der Waals surface area contributed by atoms with Crippen molar-refractivity contribution in [3.63, 3.8) is 0 Å². The minimum absolute atomic E-state index is 0.0553. The molecule has 0 aliphatic heterocycles. The molecule has 0 fully saturated rings. The van der Waals surface area contributed by atoms with E-state index in [0.29, 0.717) is 11.6 Å². The molecule has 1 N–H and O–H groups in total. The fourth-order valence-corrected chi connectivity index (χ4v) is 5.91. The summed E-state index contributed by atoms with van der Waals surface area (Å²) in [5.41, 5.74) is 1.99. The van der Waals surface area contributed by atoms with Crippen LogP contribution in [0.25, 0.3) is 0 Å². The van der Waals surface area contributed by atoms with Gasteiger partial charge in [0.1, 0.15) is 12.6 Å². The Morgan fingerprint density at radius 1 is 1.03 bits per heavy atom. The van der Waals surface area contributed by atoms with Gasteiger partial charge in [-0.15, -0.1) is 0 Å². The van der Waals surface area contributed by atoms with Gasteiger partial charge in [0.05, 0.1) is 10.6 Å². The van der Waals surface area contributed by atoms with E-state index in [1.54, 1.807) is 43.3 Å². The number of nitrogens with zero attached hydrogens (tertiary/aromatic N) is 2. The smallest absolute Gasteiger partial charge is 0.264 e. The number of halogens is 2. The third-order valence-electron chi connectivity index (χ3n) is 6.24. The standard InChI is InChI=1S/C29H33BrClN3O4S/c1-4-5-17-32-29(36)22(3)33(19-23-7-6-8-24(30)18-23)28(35)20-34(26-13-11-25(31)12-14-26)39(37,38)27-15-9-21(2)10-16-27/h6-16,18,22H,4-5,17,19-20H2,1-3H3,(H,32,36). The highest BCUT2D eigenvalue weighted by Crippen LogP contribution is 2.26. The predicted molar refractivity (Wildman–Crippen MR) is 159 cm³/mol. The Balaban J connectivity index is 1.99. The molecule has 3 aromatic rings. The van der Waals surface area contributed by atoms with E-state index in [4.69, 9.17) is 11.6 Å². The summed E-state index contributed by atoms with van der Waals surface area (Å²) in [6.07, 6.45) is 1.74. The Morgan fingerprint density at radius 3 is 2.31 bits per heavy atom. The molecular weight excluding hydrogens is 602 g/mol. The molecule has 1 unspecified atom stereocenters. The summed E-state index contributed by atoms with van der Waals surface area (Å²) in [6, 6.07) is 19.3. The lowest BCUT2D eigenvalue weighted by molar-refractivity contribution is -0.139. The van der Waals surface area contributed by atoms with Gasteiger partial charge in [0.2, 0.25) is 11.8 Å². The van der Waals surface area contributed by atoms with Gasteiger partial charge >= 0.3 is 0 Å². The van der Waals surface area contributed by atoms with Crippen molar-refractivity contribution < 1.29 is 18.0 Å². The molecule has 3 rings (SSSR count). The fraction of sp³-hybridized carbons (Fsp3) is 0.310. The second kappa shape index (κ2) is 14.0. The summed E-state index contributed by atoms with van der Waals surface area (Å²) < 4.78 is 29.5. The molecule has 208 valence electrons. The van der Waals surface area contributed by atoms with Crippen molar-refractivity contribution in [1.29, 1.82) is 0 Å². The highest BCUT2D eigenvalue weighted by molar-refractivity contribution is 9.10. The van der Waals surface area contributed by atoms with Crippen LogP contribution in [0.2, 0.25) is 5.02 Å². The Kier molecular flexibility index (Phi) is 11.0. The van der Waals surface area contributed by atoms with Crippen molar-refractivity contribution in [2.75, 3.05) is 17.4 Å². The van der Waals surface area contributed by atoms with Crippen LogP contribution in [-0.4, -0.2) is 44.3 Å². The number of anilines is 1. The number of unbranched alkanes of at least 4 members (excludes halogenated alkanes) is 1. The van der Waals surface area contributed by atoms with Crippen molar-refractivity contribution in [3.8, 4) is 0 Å². The number of rotatable bonds is 12. The van der Waals surface area contributed by atoms with Crippen molar-refractivity contribution in [2.45, 2.75) is 51.1 Å². The third kappa shape index (κ3) is 8.30. The van der Waals surface area contributed by atoms with Crippen LogP contribution in [0.4, 0.5) is 5.69 Å². The lowest BCUT2D eigenvalue weighted by atomic mass is 10.1. The van der Waals surface area contributed by atoms with Gasteiger partial charge in [-0.05, 0) is 74.4 Å². The van der Waals surface area contributed by atoms with E-state index in [1.165, 1.54) is 17.0 Å². The maximum atomic E-state index is 13.9. The number of carbonyl (C=O) groups is 2. The Hall–Kier alpha value is -2.88. The summed E-state index contributed by atoms with van der Waals surface area (Å²) in [5.74, 6) is -0.815. The molecule has 0 aromatic heterocycles. The lowest BCUT2D eigenvalue weighted by Crippen LogP contribution is -2.51. The monoisotopic (exact) mass is 633 g/mol. The van der Waals surface area contributed by atoms with Gasteiger partial charge in [-0.1, -0.05) is 70.7 Å². The number of hydrogen-bond donors (Lipinski definition) is 1. The van der Waals surface area contributed by atoms with E-state index in [-0.39, 0.29) is 23.0 Å². The third-order valence-corrected chi connectivity index (χ3v) is 8.77. The van der Waals surface area contributed by atoms with Crippen LogP contribution in [0.1, 0.15) is 37.8 Å². The highest BCUT2D eigenvalue weighted by atomic mass is 79.9. The first-order valence-corrected chi connectivity index (χ1v) is 15.3. The van der Waals surface area contributed by atoms with Crippen LogP contribution in [0, 0.1) is 6.92 Å². The first-order chi connectivity index (χ1) is 18.5. The summed E-state index contributed by atoms with van der Waals surface area (Å²) >= 11 is 9.51. The highest BCUT2D eigenvalue weighted by Gasteiger charge is 2.32. The maximum Gasteiger partial charge on any atom is 0.264 e. The molecule has 2 amide bonds. The Labute approximate surface area is 244 Å². The predicted octanol–water partition coefficient (Wildman–Crippen LogP) is 5.94. The Morgan fingerprint density at radius 2 is 1.69 bits per heavy atom. The van der Waals surface area contributed by atoms with Crippen molar-refractivity contribution in [2.24, 2.45) is 0 Å². The second-order valence-electron chi connectivity index (χ2n) is 9.27. The van der Waals surface area contributed by atoms with Gasteiger partial charge in [-0.3, -0.25) is 13.9 Å². The van der Waals surface area contributed by atoms with Gasteiger partial charge in [0.15, 0.2) is 0 Å². The normalized spacial score (nSPS) is 12.0. The van der Waals surface area contributed by atoms with Gasteiger partial charge in [0.25, 0.3) is 10.0 Å². The van der Waals surface area contributed by atoms with Gasteiger partial charge < -0.3 is 10.2 Å². The summed E-state index contributed by atoms with van der Waals surface area (Å²) in [6.45, 7) is 5.66. The maximum absolute atomic E-state index is 13.9. The van der Waals surface area contributed by atoms with Gasteiger partial charge in [-0.2, -0.15) is 0 Å². The molecule has 39 heavy (non-hydrogen) atoms. The zero-order valence-corrected chi connectivity index (χ0v) is 25.4. The number of hydrogen-bond acceptors (Lipinski definition) is 4. The molecule has 0 bridgehead atoms. The van der Waals surface area contributed by atoms with Crippen molar-refractivity contribution in [3.05, 3.63) is 93.4 Å². The largest absolute Gasteiger partial charge is 0.354 e. The molecular formula is C29H33BrClN3O4S. The quantitative estimate of drug-likeness (QED) is 0.250. The van der Waals surface area contributed by atoms with E-state index in [1.807, 2.05) is 38.1 Å². The number of carbonyl (C=O) groups excluding carboxylic acids is 2. The molecule has 0 saturated heterocycles. The summed E-state index contributed by atoms with van der Waals surface area (Å²) in [4.78, 5) is 28.4. The zero-order valence-electron chi connectivity index (χ0n) is 22.2. The van der Waals surface area contributed by atoms with Gasteiger partial charge in [-0.25, -0.2) is 8.42 Å². The van der Waals surface area contributed by atoms with Crippen LogP contribution in [0.5, 0.6) is 0 Å². The molecule has 0 radical (unpaired) electrons. The number of aryl methyl sites for hydroxylation is 1. The van der Waals surface area contributed by atoms with Crippen LogP contribution in [0.15, 0.2) is 82.2 Å². The first-order valence-electron chi connectivity index (χ1n) is 12.7. The van der Waals surface area contributed by atoms with Gasteiger partial charge in [0, 0.05) is 22.6 Å². The zero-order chi connectivity index (χ0) is 28.6. The molecule has 3 aromatic carbocycles. The second-order valence-corrected chi connectivity index (χ2v) is 12.5. The molecule has 1 atom stereocenters. The number of nitrogens with one attached hydrogen (secondary N) is 1. The van der Waals surface area contributed by atoms with E-state index in [0.717, 1.165) is 32.7 Å².